The number of benzene rings is 6. The van der Waals surface area contributed by atoms with E-state index in [4.69, 9.17) is 42.6 Å². The molecule has 2 N–H and O–H groups in total. The van der Waals surface area contributed by atoms with Gasteiger partial charge in [-0.05, 0) is 39.9 Å². The molecule has 10 atom stereocenters. The summed E-state index contributed by atoms with van der Waals surface area (Å²) in [6.45, 7) is 0.646. The molecule has 0 aromatic heterocycles. The van der Waals surface area contributed by atoms with E-state index in [0.29, 0.717) is 12.2 Å². The first-order chi connectivity index (χ1) is 32.5. The SMILES string of the molecule is O=C(O[C@H]1[C@H](OC[C@H]2O[C@H](O)[C@@H](OCc3ccccc3)[C@@H](O)[C@@H]2OCc2ccccc2)O[C@H](COCc2ccccc2)[C@H](OCc2ccccc2)[C@@H]1OCc1ccccc1)c1ccccc1. The van der Waals surface area contributed by atoms with Crippen molar-refractivity contribution in [3.63, 3.8) is 0 Å². The number of rotatable bonds is 21. The van der Waals surface area contributed by atoms with E-state index in [2.05, 4.69) is 0 Å². The minimum absolute atomic E-state index is 0.0549. The van der Waals surface area contributed by atoms with E-state index in [9.17, 15) is 15.0 Å². The van der Waals surface area contributed by atoms with Gasteiger partial charge in [-0.3, -0.25) is 0 Å². The van der Waals surface area contributed by atoms with Crippen molar-refractivity contribution >= 4 is 5.97 Å². The largest absolute Gasteiger partial charge is 0.450 e. The molecule has 2 heterocycles. The quantitative estimate of drug-likeness (QED) is 0.0689. The Morgan fingerprint density at radius 1 is 0.409 bits per heavy atom. The van der Waals surface area contributed by atoms with E-state index in [1.807, 2.05) is 158 Å². The van der Waals surface area contributed by atoms with Crippen molar-refractivity contribution in [2.75, 3.05) is 13.2 Å². The fraction of sp³-hybridized carbons (Fsp3) is 0.315. The molecular weight excluding hydrogens is 841 g/mol. The van der Waals surface area contributed by atoms with Crippen LogP contribution in [0.1, 0.15) is 38.2 Å². The van der Waals surface area contributed by atoms with Gasteiger partial charge >= 0.3 is 5.97 Å². The highest BCUT2D eigenvalue weighted by Crippen LogP contribution is 2.33. The summed E-state index contributed by atoms with van der Waals surface area (Å²) in [5, 5.41) is 23.3. The normalized spacial score (nSPS) is 25.2. The Balaban J connectivity index is 1.10. The number of ether oxygens (including phenoxy) is 9. The highest BCUT2D eigenvalue weighted by Gasteiger charge is 2.52. The van der Waals surface area contributed by atoms with Gasteiger partial charge in [0.15, 0.2) is 18.7 Å². The van der Waals surface area contributed by atoms with E-state index in [1.165, 1.54) is 0 Å². The van der Waals surface area contributed by atoms with E-state index in [0.717, 1.165) is 27.8 Å². The molecular formula is C54H56O12. The number of hydrogen-bond donors (Lipinski definition) is 2. The van der Waals surface area contributed by atoms with Crippen molar-refractivity contribution in [2.24, 2.45) is 0 Å². The molecule has 0 amide bonds. The van der Waals surface area contributed by atoms with Gasteiger partial charge in [-0.25, -0.2) is 4.79 Å². The zero-order chi connectivity index (χ0) is 45.3. The summed E-state index contributed by atoms with van der Waals surface area (Å²) in [5.74, 6) is -0.631. The van der Waals surface area contributed by atoms with Crippen molar-refractivity contribution in [1.82, 2.24) is 0 Å². The van der Waals surface area contributed by atoms with E-state index < -0.39 is 67.4 Å². The third-order valence-electron chi connectivity index (χ3n) is 11.4. The van der Waals surface area contributed by atoms with Gasteiger partial charge in [0.25, 0.3) is 0 Å². The van der Waals surface area contributed by atoms with Gasteiger partial charge in [-0.2, -0.15) is 0 Å². The fourth-order valence-electron chi connectivity index (χ4n) is 7.98. The van der Waals surface area contributed by atoms with Gasteiger partial charge in [-0.15, -0.1) is 0 Å². The second-order valence-electron chi connectivity index (χ2n) is 16.2. The van der Waals surface area contributed by atoms with Crippen molar-refractivity contribution < 1.29 is 57.6 Å². The Kier molecular flexibility index (Phi) is 17.2. The maximum atomic E-state index is 14.1. The Morgan fingerprint density at radius 3 is 1.29 bits per heavy atom. The fourth-order valence-corrected chi connectivity index (χ4v) is 7.98. The Morgan fingerprint density at radius 2 is 0.803 bits per heavy atom. The monoisotopic (exact) mass is 896 g/mol. The van der Waals surface area contributed by atoms with Crippen LogP contribution in [0.3, 0.4) is 0 Å². The predicted octanol–water partition coefficient (Wildman–Crippen LogP) is 7.59. The standard InChI is InChI=1S/C54H56O12/c55-46-47(59-32-39-21-9-2-10-22-39)45(64-53(57)49(46)61-34-41-25-13-4-14-26-41)37-63-54-51(66-52(56)43-29-17-6-18-30-43)50(62-35-42-27-15-5-16-28-42)48(60-33-40-23-11-3-12-24-40)44(65-54)36-58-31-38-19-7-1-8-20-38/h1-30,44-51,53-55,57H,31-37H2/t44-,45-,46+,47-,48+,49+,50+,51-,53+,54-/m1/s1. The number of hydrogen-bond acceptors (Lipinski definition) is 12. The summed E-state index contributed by atoms with van der Waals surface area (Å²) >= 11 is 0. The highest BCUT2D eigenvalue weighted by molar-refractivity contribution is 5.89. The molecule has 0 saturated carbocycles. The lowest BCUT2D eigenvalue weighted by Crippen LogP contribution is -2.63. The van der Waals surface area contributed by atoms with E-state index in [1.54, 1.807) is 24.3 Å². The minimum atomic E-state index is -1.55. The predicted molar refractivity (Wildman–Crippen MR) is 243 cm³/mol. The number of carbonyl (C=O) groups is 1. The molecule has 2 fully saturated rings. The van der Waals surface area contributed by atoms with Crippen LogP contribution in [-0.2, 0) is 75.7 Å². The lowest BCUT2D eigenvalue weighted by Gasteiger charge is -2.46. The number of carbonyl (C=O) groups excluding carboxylic acids is 1. The molecule has 2 aliphatic rings. The summed E-state index contributed by atoms with van der Waals surface area (Å²) in [7, 11) is 0. The Hall–Kier alpha value is -5.61. The molecule has 8 rings (SSSR count). The van der Waals surface area contributed by atoms with Crippen LogP contribution >= 0.6 is 0 Å². The minimum Gasteiger partial charge on any atom is -0.450 e. The second-order valence-corrected chi connectivity index (χ2v) is 16.2. The molecule has 6 aromatic carbocycles. The van der Waals surface area contributed by atoms with E-state index in [-0.39, 0.29) is 39.6 Å². The van der Waals surface area contributed by atoms with Crippen molar-refractivity contribution in [2.45, 2.75) is 94.4 Å². The molecule has 0 radical (unpaired) electrons. The molecule has 12 nitrogen and oxygen atoms in total. The number of aliphatic hydroxyl groups excluding tert-OH is 2. The molecule has 6 aromatic rings. The first-order valence-electron chi connectivity index (χ1n) is 22.3. The topological polar surface area (TPSA) is 141 Å². The van der Waals surface area contributed by atoms with Crippen LogP contribution in [-0.4, -0.2) is 90.8 Å². The number of esters is 1. The van der Waals surface area contributed by atoms with Gasteiger partial charge in [0.05, 0.1) is 51.8 Å². The first-order valence-corrected chi connectivity index (χ1v) is 22.3. The maximum absolute atomic E-state index is 14.1. The third-order valence-corrected chi connectivity index (χ3v) is 11.4. The van der Waals surface area contributed by atoms with Crippen molar-refractivity contribution in [1.29, 1.82) is 0 Å². The Bertz CT molecular complexity index is 2290. The van der Waals surface area contributed by atoms with Gasteiger partial charge in [0.2, 0.25) is 0 Å². The van der Waals surface area contributed by atoms with Crippen molar-refractivity contribution in [3.05, 3.63) is 215 Å². The van der Waals surface area contributed by atoms with Gasteiger partial charge in [0.1, 0.15) is 42.7 Å². The van der Waals surface area contributed by atoms with Crippen LogP contribution in [0.4, 0.5) is 0 Å². The third kappa shape index (κ3) is 13.1. The van der Waals surface area contributed by atoms with Crippen LogP contribution in [0, 0.1) is 0 Å². The first kappa shape index (κ1) is 46.9. The smallest absolute Gasteiger partial charge is 0.338 e. The molecule has 0 spiro atoms. The van der Waals surface area contributed by atoms with Crippen molar-refractivity contribution in [3.8, 4) is 0 Å². The van der Waals surface area contributed by atoms with Crippen LogP contribution in [0.15, 0.2) is 182 Å². The maximum Gasteiger partial charge on any atom is 0.338 e. The lowest BCUT2D eigenvalue weighted by atomic mass is 9.97. The zero-order valence-electron chi connectivity index (χ0n) is 36.5. The molecule has 2 saturated heterocycles. The molecule has 12 heteroatoms. The zero-order valence-corrected chi connectivity index (χ0v) is 36.5. The molecule has 344 valence electrons. The summed E-state index contributed by atoms with van der Waals surface area (Å²) < 4.78 is 58.3. The van der Waals surface area contributed by atoms with Crippen LogP contribution in [0.5, 0.6) is 0 Å². The average molecular weight is 897 g/mol. The van der Waals surface area contributed by atoms with Gasteiger partial charge in [-0.1, -0.05) is 170 Å². The van der Waals surface area contributed by atoms with Crippen LogP contribution in [0.2, 0.25) is 0 Å². The Labute approximate surface area is 385 Å². The summed E-state index contributed by atoms with van der Waals surface area (Å²) in [4.78, 5) is 14.1. The molecule has 66 heavy (non-hydrogen) atoms. The average Bonchev–Trinajstić information content (AvgIpc) is 3.36. The van der Waals surface area contributed by atoms with Gasteiger partial charge in [0, 0.05) is 0 Å². The molecule has 0 bridgehead atoms. The second kappa shape index (κ2) is 24.2. The summed E-state index contributed by atoms with van der Waals surface area (Å²) in [6.07, 6.45) is -11.2. The lowest BCUT2D eigenvalue weighted by molar-refractivity contribution is -0.340. The van der Waals surface area contributed by atoms with Crippen LogP contribution in [0.25, 0.3) is 0 Å². The molecule has 0 aliphatic carbocycles. The summed E-state index contributed by atoms with van der Waals surface area (Å²) in [5.41, 5.74) is 4.79. The highest BCUT2D eigenvalue weighted by atomic mass is 16.7. The summed E-state index contributed by atoms with van der Waals surface area (Å²) in [6, 6.07) is 56.8. The molecule has 0 unspecified atom stereocenters. The molecule has 2 aliphatic heterocycles. The number of aliphatic hydroxyl groups is 2. The van der Waals surface area contributed by atoms with Gasteiger partial charge < -0.3 is 52.8 Å². The van der Waals surface area contributed by atoms with E-state index >= 15 is 0 Å². The van der Waals surface area contributed by atoms with Crippen LogP contribution < -0.4 is 0 Å².